The van der Waals surface area contributed by atoms with Gasteiger partial charge < -0.3 is 15.4 Å². The van der Waals surface area contributed by atoms with Gasteiger partial charge in [-0.05, 0) is 13.3 Å². The zero-order valence-corrected chi connectivity index (χ0v) is 9.94. The van der Waals surface area contributed by atoms with E-state index < -0.39 is 0 Å². The maximum atomic E-state index is 6.07. The summed E-state index contributed by atoms with van der Waals surface area (Å²) in [4.78, 5) is 10.1. The molecule has 1 aliphatic heterocycles. The average molecular weight is 243 g/mol. The molecule has 6 heteroatoms. The van der Waals surface area contributed by atoms with Crippen LogP contribution in [0.15, 0.2) is 6.20 Å². The zero-order valence-electron chi connectivity index (χ0n) is 9.19. The number of hydrogen-bond donors (Lipinski definition) is 1. The van der Waals surface area contributed by atoms with E-state index in [2.05, 4.69) is 14.9 Å². The van der Waals surface area contributed by atoms with E-state index in [1.54, 1.807) is 0 Å². The molecule has 88 valence electrons. The van der Waals surface area contributed by atoms with Gasteiger partial charge in [-0.15, -0.1) is 0 Å². The molecule has 1 atom stereocenters. The van der Waals surface area contributed by atoms with Crippen molar-refractivity contribution >= 4 is 23.4 Å². The van der Waals surface area contributed by atoms with Crippen LogP contribution >= 0.6 is 11.6 Å². The Morgan fingerprint density at radius 3 is 3.25 bits per heavy atom. The molecule has 0 amide bonds. The van der Waals surface area contributed by atoms with Gasteiger partial charge in [-0.25, -0.2) is 4.98 Å². The normalized spacial score (nSPS) is 21.9. The maximum Gasteiger partial charge on any atom is 0.222 e. The average Bonchev–Trinajstić information content (AvgIpc) is 2.46. The first-order valence-electron chi connectivity index (χ1n) is 5.31. The third kappa shape index (κ3) is 2.54. The molecule has 2 N–H and O–H groups in total. The van der Waals surface area contributed by atoms with Crippen molar-refractivity contribution in [3.63, 3.8) is 0 Å². The number of hydrogen-bond acceptors (Lipinski definition) is 5. The summed E-state index contributed by atoms with van der Waals surface area (Å²) in [5, 5.41) is 0.531. The molecule has 2 rings (SSSR count). The monoisotopic (exact) mass is 242 g/mol. The van der Waals surface area contributed by atoms with E-state index in [-0.39, 0.29) is 12.1 Å². The predicted molar refractivity (Wildman–Crippen MR) is 63.7 cm³/mol. The first-order chi connectivity index (χ1) is 7.66. The van der Waals surface area contributed by atoms with Crippen LogP contribution in [0, 0.1) is 0 Å². The van der Waals surface area contributed by atoms with Crippen LogP contribution in [0.3, 0.4) is 0 Å². The number of nitrogens with zero attached hydrogens (tertiary/aromatic N) is 3. The van der Waals surface area contributed by atoms with E-state index in [0.717, 1.165) is 26.1 Å². The van der Waals surface area contributed by atoms with Crippen LogP contribution in [-0.4, -0.2) is 35.8 Å². The lowest BCUT2D eigenvalue weighted by molar-refractivity contribution is 0.0820. The molecule has 0 radical (unpaired) electrons. The van der Waals surface area contributed by atoms with E-state index in [1.807, 2.05) is 6.92 Å². The van der Waals surface area contributed by atoms with Gasteiger partial charge in [0.1, 0.15) is 5.02 Å². The molecule has 2 heterocycles. The molecular formula is C10H15ClN4O. The standard InChI is InChI=1S/C10H15ClN4O/c1-7-6-15(3-2-4-16-7)9-8(11)5-13-10(12)14-9/h5,7H,2-4,6H2,1H3,(H2,12,13,14). The molecule has 0 aliphatic carbocycles. The van der Waals surface area contributed by atoms with Crippen LogP contribution in [0.25, 0.3) is 0 Å². The summed E-state index contributed by atoms with van der Waals surface area (Å²) in [6, 6.07) is 0. The summed E-state index contributed by atoms with van der Waals surface area (Å²) in [6.45, 7) is 4.46. The topological polar surface area (TPSA) is 64.3 Å². The first kappa shape index (κ1) is 11.4. The Labute approximate surface area is 99.6 Å². The maximum absolute atomic E-state index is 6.07. The van der Waals surface area contributed by atoms with Crippen molar-refractivity contribution in [1.82, 2.24) is 9.97 Å². The fourth-order valence-electron chi connectivity index (χ4n) is 1.78. The van der Waals surface area contributed by atoms with Crippen molar-refractivity contribution in [1.29, 1.82) is 0 Å². The van der Waals surface area contributed by atoms with Gasteiger partial charge in [0.25, 0.3) is 0 Å². The molecule has 1 aliphatic rings. The van der Waals surface area contributed by atoms with Crippen molar-refractivity contribution < 1.29 is 4.74 Å². The van der Waals surface area contributed by atoms with Crippen LogP contribution < -0.4 is 10.6 Å². The van der Waals surface area contributed by atoms with Gasteiger partial charge >= 0.3 is 0 Å². The molecule has 0 bridgehead atoms. The Morgan fingerprint density at radius 1 is 1.62 bits per heavy atom. The highest BCUT2D eigenvalue weighted by atomic mass is 35.5. The van der Waals surface area contributed by atoms with Crippen molar-refractivity contribution in [2.45, 2.75) is 19.4 Å². The highest BCUT2D eigenvalue weighted by Gasteiger charge is 2.19. The third-order valence-corrected chi connectivity index (χ3v) is 2.76. The summed E-state index contributed by atoms with van der Waals surface area (Å²) >= 11 is 6.07. The van der Waals surface area contributed by atoms with Gasteiger partial charge in [0, 0.05) is 19.7 Å². The van der Waals surface area contributed by atoms with E-state index in [9.17, 15) is 0 Å². The zero-order chi connectivity index (χ0) is 11.5. The molecule has 0 spiro atoms. The summed E-state index contributed by atoms with van der Waals surface area (Å²) < 4.78 is 5.57. The number of anilines is 2. The molecule has 1 aromatic rings. The minimum Gasteiger partial charge on any atom is -0.377 e. The molecule has 0 aromatic carbocycles. The van der Waals surface area contributed by atoms with Crippen LogP contribution in [0.2, 0.25) is 5.02 Å². The molecule has 1 saturated heterocycles. The van der Waals surface area contributed by atoms with Crippen LogP contribution in [0.4, 0.5) is 11.8 Å². The fourth-order valence-corrected chi connectivity index (χ4v) is 1.99. The van der Waals surface area contributed by atoms with E-state index in [0.29, 0.717) is 10.8 Å². The SMILES string of the molecule is CC1CN(c2nc(N)ncc2Cl)CCCO1. The second kappa shape index (κ2) is 4.84. The van der Waals surface area contributed by atoms with E-state index in [1.165, 1.54) is 6.20 Å². The van der Waals surface area contributed by atoms with Crippen LogP contribution in [0.5, 0.6) is 0 Å². The number of nitrogen functional groups attached to an aromatic ring is 1. The molecule has 1 aromatic heterocycles. The van der Waals surface area contributed by atoms with Gasteiger partial charge in [0.2, 0.25) is 5.95 Å². The van der Waals surface area contributed by atoms with Crippen molar-refractivity contribution in [2.75, 3.05) is 30.3 Å². The van der Waals surface area contributed by atoms with Crippen LogP contribution in [-0.2, 0) is 4.74 Å². The Kier molecular flexibility index (Phi) is 3.46. The largest absolute Gasteiger partial charge is 0.377 e. The minimum absolute atomic E-state index is 0.176. The van der Waals surface area contributed by atoms with Crippen molar-refractivity contribution in [2.24, 2.45) is 0 Å². The lowest BCUT2D eigenvalue weighted by Crippen LogP contribution is -2.31. The number of aromatic nitrogens is 2. The Bertz CT molecular complexity index is 374. The van der Waals surface area contributed by atoms with E-state index in [4.69, 9.17) is 22.1 Å². The summed E-state index contributed by atoms with van der Waals surface area (Å²) in [5.74, 6) is 0.948. The van der Waals surface area contributed by atoms with Gasteiger partial charge in [-0.1, -0.05) is 11.6 Å². The fraction of sp³-hybridized carbons (Fsp3) is 0.600. The van der Waals surface area contributed by atoms with Gasteiger partial charge in [0.05, 0.1) is 12.3 Å². The molecule has 5 nitrogen and oxygen atoms in total. The van der Waals surface area contributed by atoms with Gasteiger partial charge in [-0.2, -0.15) is 4.98 Å². The predicted octanol–water partition coefficient (Wildman–Crippen LogP) is 1.33. The van der Waals surface area contributed by atoms with Gasteiger partial charge in [0.15, 0.2) is 5.82 Å². The summed E-state index contributed by atoms with van der Waals surface area (Å²) in [5.41, 5.74) is 5.57. The minimum atomic E-state index is 0.176. The second-order valence-corrected chi connectivity index (χ2v) is 4.29. The van der Waals surface area contributed by atoms with E-state index >= 15 is 0 Å². The quantitative estimate of drug-likeness (QED) is 0.805. The second-order valence-electron chi connectivity index (χ2n) is 3.88. The Balaban J connectivity index is 2.24. The Morgan fingerprint density at radius 2 is 2.44 bits per heavy atom. The van der Waals surface area contributed by atoms with Crippen molar-refractivity contribution in [3.8, 4) is 0 Å². The lowest BCUT2D eigenvalue weighted by Gasteiger charge is -2.23. The summed E-state index contributed by atoms with van der Waals surface area (Å²) in [6.07, 6.45) is 2.68. The van der Waals surface area contributed by atoms with Crippen molar-refractivity contribution in [3.05, 3.63) is 11.2 Å². The number of nitrogens with two attached hydrogens (primary N) is 1. The molecule has 0 saturated carbocycles. The highest BCUT2D eigenvalue weighted by molar-refractivity contribution is 6.32. The number of halogens is 1. The van der Waals surface area contributed by atoms with Crippen LogP contribution in [0.1, 0.15) is 13.3 Å². The number of ether oxygens (including phenoxy) is 1. The highest BCUT2D eigenvalue weighted by Crippen LogP contribution is 2.24. The number of rotatable bonds is 1. The third-order valence-electron chi connectivity index (χ3n) is 2.50. The first-order valence-corrected chi connectivity index (χ1v) is 5.69. The summed E-state index contributed by atoms with van der Waals surface area (Å²) in [7, 11) is 0. The molecular weight excluding hydrogens is 228 g/mol. The smallest absolute Gasteiger partial charge is 0.222 e. The molecule has 16 heavy (non-hydrogen) atoms. The molecule has 1 fully saturated rings. The van der Waals surface area contributed by atoms with Gasteiger partial charge in [-0.3, -0.25) is 0 Å². The lowest BCUT2D eigenvalue weighted by atomic mass is 10.3. The molecule has 1 unspecified atom stereocenters. The Hall–Kier alpha value is -1.07.